The van der Waals surface area contributed by atoms with E-state index >= 15 is 0 Å². The Hall–Kier alpha value is -1.39. The lowest BCUT2D eigenvalue weighted by Gasteiger charge is -2.36. The summed E-state index contributed by atoms with van der Waals surface area (Å²) < 4.78 is 5.07. The number of benzene rings is 1. The molecule has 0 bridgehead atoms. The molecular formula is C16H24N2O2. The van der Waals surface area contributed by atoms with Crippen molar-refractivity contribution in [2.45, 2.75) is 12.8 Å². The molecular weight excluding hydrogens is 252 g/mol. The second kappa shape index (κ2) is 8.02. The lowest BCUT2D eigenvalue weighted by molar-refractivity contribution is 0.112. The molecule has 0 amide bonds. The number of ether oxygens (including phenoxy) is 1. The van der Waals surface area contributed by atoms with E-state index in [0.717, 1.165) is 51.1 Å². The molecule has 0 radical (unpaired) electrons. The van der Waals surface area contributed by atoms with Crippen LogP contribution in [0.5, 0.6) is 0 Å². The zero-order valence-electron chi connectivity index (χ0n) is 12.3. The highest BCUT2D eigenvalue weighted by Crippen LogP contribution is 2.17. The van der Waals surface area contributed by atoms with Crippen LogP contribution in [-0.4, -0.2) is 57.6 Å². The lowest BCUT2D eigenvalue weighted by atomic mass is 10.2. The van der Waals surface area contributed by atoms with E-state index in [1.165, 1.54) is 18.7 Å². The Bertz CT molecular complexity index is 397. The second-order valence-electron chi connectivity index (χ2n) is 5.24. The summed E-state index contributed by atoms with van der Waals surface area (Å²) >= 11 is 0. The molecule has 1 aromatic rings. The number of aldehydes is 1. The molecule has 0 N–H and O–H groups in total. The summed E-state index contributed by atoms with van der Waals surface area (Å²) in [5.41, 5.74) is 1.96. The minimum absolute atomic E-state index is 0.741. The van der Waals surface area contributed by atoms with E-state index in [9.17, 15) is 4.79 Å². The van der Waals surface area contributed by atoms with Gasteiger partial charge in [-0.05, 0) is 43.7 Å². The van der Waals surface area contributed by atoms with E-state index in [4.69, 9.17) is 4.74 Å². The van der Waals surface area contributed by atoms with Crippen molar-refractivity contribution in [2.24, 2.45) is 0 Å². The van der Waals surface area contributed by atoms with Crippen LogP contribution in [-0.2, 0) is 4.74 Å². The van der Waals surface area contributed by atoms with Crippen molar-refractivity contribution in [3.63, 3.8) is 0 Å². The van der Waals surface area contributed by atoms with Gasteiger partial charge in [0.15, 0.2) is 0 Å². The molecule has 4 heteroatoms. The Morgan fingerprint density at radius 2 is 1.80 bits per heavy atom. The topological polar surface area (TPSA) is 32.8 Å². The average molecular weight is 276 g/mol. The first-order valence-electron chi connectivity index (χ1n) is 7.35. The van der Waals surface area contributed by atoms with Crippen molar-refractivity contribution < 1.29 is 9.53 Å². The number of hydrogen-bond acceptors (Lipinski definition) is 4. The van der Waals surface area contributed by atoms with Crippen molar-refractivity contribution in [2.75, 3.05) is 51.3 Å². The molecule has 1 aromatic carbocycles. The third-order valence-corrected chi connectivity index (χ3v) is 3.84. The molecule has 0 unspecified atom stereocenters. The molecule has 110 valence electrons. The molecule has 20 heavy (non-hydrogen) atoms. The molecule has 1 heterocycles. The minimum Gasteiger partial charge on any atom is -0.385 e. The number of piperazine rings is 1. The third kappa shape index (κ3) is 4.32. The van der Waals surface area contributed by atoms with Crippen molar-refractivity contribution in [1.29, 1.82) is 0 Å². The molecule has 0 saturated carbocycles. The van der Waals surface area contributed by atoms with E-state index in [0.29, 0.717) is 0 Å². The van der Waals surface area contributed by atoms with Crippen LogP contribution < -0.4 is 4.90 Å². The Morgan fingerprint density at radius 3 is 2.40 bits per heavy atom. The number of carbonyl (C=O) groups is 1. The van der Waals surface area contributed by atoms with Gasteiger partial charge in [0, 0.05) is 51.1 Å². The van der Waals surface area contributed by atoms with Gasteiger partial charge in [0.1, 0.15) is 6.29 Å². The fourth-order valence-electron chi connectivity index (χ4n) is 2.58. The predicted octanol–water partition coefficient (Wildman–Crippen LogP) is 2.05. The number of hydrogen-bond donors (Lipinski definition) is 0. The van der Waals surface area contributed by atoms with Gasteiger partial charge in [0.2, 0.25) is 0 Å². The fourth-order valence-corrected chi connectivity index (χ4v) is 2.58. The first-order valence-corrected chi connectivity index (χ1v) is 7.35. The molecule has 0 aliphatic carbocycles. The van der Waals surface area contributed by atoms with E-state index in [2.05, 4.69) is 9.80 Å². The summed E-state index contributed by atoms with van der Waals surface area (Å²) in [7, 11) is 1.76. The summed E-state index contributed by atoms with van der Waals surface area (Å²) in [6, 6.07) is 7.86. The molecule has 0 atom stereocenters. The molecule has 2 rings (SSSR count). The first kappa shape index (κ1) is 15.0. The number of unbranched alkanes of at least 4 members (excludes halogenated alkanes) is 1. The zero-order valence-corrected chi connectivity index (χ0v) is 12.3. The van der Waals surface area contributed by atoms with Gasteiger partial charge in [-0.1, -0.05) is 0 Å². The van der Waals surface area contributed by atoms with Crippen LogP contribution in [0.3, 0.4) is 0 Å². The molecule has 1 saturated heterocycles. The fraction of sp³-hybridized carbons (Fsp3) is 0.562. The predicted molar refractivity (Wildman–Crippen MR) is 81.6 cm³/mol. The van der Waals surface area contributed by atoms with Gasteiger partial charge >= 0.3 is 0 Å². The van der Waals surface area contributed by atoms with Crippen LogP contribution >= 0.6 is 0 Å². The van der Waals surface area contributed by atoms with Gasteiger partial charge in [-0.15, -0.1) is 0 Å². The van der Waals surface area contributed by atoms with Crippen LogP contribution in [0.15, 0.2) is 24.3 Å². The highest BCUT2D eigenvalue weighted by atomic mass is 16.5. The maximum absolute atomic E-state index is 10.7. The molecule has 4 nitrogen and oxygen atoms in total. The lowest BCUT2D eigenvalue weighted by Crippen LogP contribution is -2.46. The van der Waals surface area contributed by atoms with Gasteiger partial charge < -0.3 is 9.64 Å². The van der Waals surface area contributed by atoms with Crippen LogP contribution in [0, 0.1) is 0 Å². The van der Waals surface area contributed by atoms with Gasteiger partial charge in [-0.25, -0.2) is 0 Å². The maximum Gasteiger partial charge on any atom is 0.150 e. The van der Waals surface area contributed by atoms with Crippen molar-refractivity contribution >= 4 is 12.0 Å². The molecule has 0 aromatic heterocycles. The normalized spacial score (nSPS) is 16.4. The standard InChI is InChI=1S/C16H24N2O2/c1-20-13-3-2-8-17-9-11-18(12-10-17)16-6-4-15(14-19)5-7-16/h4-7,14H,2-3,8-13H2,1H3. The summed E-state index contributed by atoms with van der Waals surface area (Å²) in [5, 5.41) is 0. The summed E-state index contributed by atoms with van der Waals surface area (Å²) in [6.45, 7) is 6.38. The number of nitrogens with zero attached hydrogens (tertiary/aromatic N) is 2. The third-order valence-electron chi connectivity index (χ3n) is 3.84. The SMILES string of the molecule is COCCCCN1CCN(c2ccc(C=O)cc2)CC1. The number of rotatable bonds is 7. The second-order valence-corrected chi connectivity index (χ2v) is 5.24. The van der Waals surface area contributed by atoms with Gasteiger partial charge in [0.25, 0.3) is 0 Å². The van der Waals surface area contributed by atoms with Gasteiger partial charge in [0.05, 0.1) is 0 Å². The van der Waals surface area contributed by atoms with E-state index in [-0.39, 0.29) is 0 Å². The monoisotopic (exact) mass is 276 g/mol. The Kier molecular flexibility index (Phi) is 6.02. The summed E-state index contributed by atoms with van der Waals surface area (Å²) in [4.78, 5) is 15.6. The van der Waals surface area contributed by atoms with Crippen molar-refractivity contribution in [3.8, 4) is 0 Å². The summed E-state index contributed by atoms with van der Waals surface area (Å²) in [6.07, 6.45) is 3.24. The number of methoxy groups -OCH3 is 1. The molecule has 0 spiro atoms. The minimum atomic E-state index is 0.741. The van der Waals surface area contributed by atoms with Crippen LogP contribution in [0.25, 0.3) is 0 Å². The smallest absolute Gasteiger partial charge is 0.150 e. The Morgan fingerprint density at radius 1 is 1.10 bits per heavy atom. The van der Waals surface area contributed by atoms with Gasteiger partial charge in [-0.3, -0.25) is 9.69 Å². The maximum atomic E-state index is 10.7. The summed E-state index contributed by atoms with van der Waals surface area (Å²) in [5.74, 6) is 0. The molecule has 1 fully saturated rings. The number of carbonyl (C=O) groups excluding carboxylic acids is 1. The van der Waals surface area contributed by atoms with Crippen LogP contribution in [0.1, 0.15) is 23.2 Å². The highest BCUT2D eigenvalue weighted by Gasteiger charge is 2.16. The molecule has 1 aliphatic heterocycles. The van der Waals surface area contributed by atoms with E-state index < -0.39 is 0 Å². The Balaban J connectivity index is 1.74. The van der Waals surface area contributed by atoms with Crippen LogP contribution in [0.4, 0.5) is 5.69 Å². The quantitative estimate of drug-likeness (QED) is 0.563. The highest BCUT2D eigenvalue weighted by molar-refractivity contribution is 5.75. The zero-order chi connectivity index (χ0) is 14.2. The molecule has 1 aliphatic rings. The van der Waals surface area contributed by atoms with Crippen molar-refractivity contribution in [1.82, 2.24) is 4.90 Å². The van der Waals surface area contributed by atoms with Crippen molar-refractivity contribution in [3.05, 3.63) is 29.8 Å². The van der Waals surface area contributed by atoms with E-state index in [1.807, 2.05) is 24.3 Å². The Labute approximate surface area is 121 Å². The van der Waals surface area contributed by atoms with Crippen LogP contribution in [0.2, 0.25) is 0 Å². The van der Waals surface area contributed by atoms with E-state index in [1.54, 1.807) is 7.11 Å². The van der Waals surface area contributed by atoms with Gasteiger partial charge in [-0.2, -0.15) is 0 Å². The first-order chi connectivity index (χ1) is 9.83. The number of anilines is 1. The average Bonchev–Trinajstić information content (AvgIpc) is 2.52. The largest absolute Gasteiger partial charge is 0.385 e.